The summed E-state index contributed by atoms with van der Waals surface area (Å²) in [5.41, 5.74) is 2.98. The molecule has 1 amide bonds. The topological polar surface area (TPSA) is 54.5 Å². The van der Waals surface area contributed by atoms with E-state index < -0.39 is 0 Å². The summed E-state index contributed by atoms with van der Waals surface area (Å²) in [5, 5.41) is 2.84. The quantitative estimate of drug-likeness (QED) is 0.835. The normalized spacial score (nSPS) is 14.8. The highest BCUT2D eigenvalue weighted by molar-refractivity contribution is 6.01. The molecule has 1 aliphatic rings. The molecule has 0 bridgehead atoms. The number of pyridine rings is 1. The Hall–Kier alpha value is -2.66. The number of morpholine rings is 1. The summed E-state index contributed by atoms with van der Waals surface area (Å²) >= 11 is 0. The molecule has 1 aliphatic heterocycles. The Kier molecular flexibility index (Phi) is 6.02. The van der Waals surface area contributed by atoms with Gasteiger partial charge in [-0.2, -0.15) is 0 Å². The van der Waals surface area contributed by atoms with Crippen LogP contribution in [0.4, 0.5) is 11.5 Å². The first kappa shape index (κ1) is 18.1. The number of amides is 1. The van der Waals surface area contributed by atoms with E-state index >= 15 is 0 Å². The summed E-state index contributed by atoms with van der Waals surface area (Å²) in [6.07, 6.45) is 5.04. The summed E-state index contributed by atoms with van der Waals surface area (Å²) in [6, 6.07) is 12.0. The maximum atomic E-state index is 12.1. The molecular formula is C21H25N3O2. The van der Waals surface area contributed by atoms with Crippen LogP contribution in [0.3, 0.4) is 0 Å². The summed E-state index contributed by atoms with van der Waals surface area (Å²) < 4.78 is 5.34. The van der Waals surface area contributed by atoms with Crippen LogP contribution in [0.5, 0.6) is 0 Å². The molecule has 1 aromatic heterocycles. The van der Waals surface area contributed by atoms with Crippen LogP contribution >= 0.6 is 0 Å². The average molecular weight is 351 g/mol. The van der Waals surface area contributed by atoms with E-state index in [1.54, 1.807) is 12.3 Å². The lowest BCUT2D eigenvalue weighted by Crippen LogP contribution is -2.36. The summed E-state index contributed by atoms with van der Waals surface area (Å²) in [7, 11) is 0. The molecule has 5 nitrogen and oxygen atoms in total. The third kappa shape index (κ3) is 4.92. The number of aromatic nitrogens is 1. The number of nitrogens with zero attached hydrogens (tertiary/aromatic N) is 2. The van der Waals surface area contributed by atoms with Gasteiger partial charge in [-0.25, -0.2) is 4.98 Å². The van der Waals surface area contributed by atoms with Gasteiger partial charge < -0.3 is 15.0 Å². The van der Waals surface area contributed by atoms with Crippen molar-refractivity contribution in [2.45, 2.75) is 19.8 Å². The van der Waals surface area contributed by atoms with Gasteiger partial charge in [-0.1, -0.05) is 38.1 Å². The molecule has 2 heterocycles. The molecule has 5 heteroatoms. The number of rotatable bonds is 5. The molecule has 0 atom stereocenters. The second kappa shape index (κ2) is 8.63. The van der Waals surface area contributed by atoms with Crippen LogP contribution in [-0.4, -0.2) is 37.2 Å². The van der Waals surface area contributed by atoms with E-state index in [1.165, 1.54) is 5.56 Å². The highest BCUT2D eigenvalue weighted by Gasteiger charge is 2.12. The molecule has 0 radical (unpaired) electrons. The van der Waals surface area contributed by atoms with Crippen LogP contribution in [0.15, 0.2) is 48.7 Å². The Morgan fingerprint density at radius 1 is 1.15 bits per heavy atom. The van der Waals surface area contributed by atoms with Crippen molar-refractivity contribution in [1.29, 1.82) is 0 Å². The number of hydrogen-bond donors (Lipinski definition) is 1. The summed E-state index contributed by atoms with van der Waals surface area (Å²) in [5.74, 6) is 1.25. The van der Waals surface area contributed by atoms with Crippen molar-refractivity contribution in [3.8, 4) is 0 Å². The number of anilines is 2. The van der Waals surface area contributed by atoms with E-state index in [4.69, 9.17) is 4.74 Å². The summed E-state index contributed by atoms with van der Waals surface area (Å²) in [4.78, 5) is 18.7. The molecule has 0 unspecified atom stereocenters. The molecule has 1 aromatic carbocycles. The maximum absolute atomic E-state index is 12.1. The Labute approximate surface area is 154 Å². The lowest BCUT2D eigenvalue weighted by molar-refractivity contribution is -0.111. The zero-order valence-electron chi connectivity index (χ0n) is 15.3. The van der Waals surface area contributed by atoms with Gasteiger partial charge in [0.15, 0.2) is 0 Å². The Morgan fingerprint density at radius 3 is 2.50 bits per heavy atom. The van der Waals surface area contributed by atoms with Crippen LogP contribution in [0.25, 0.3) is 6.08 Å². The van der Waals surface area contributed by atoms with E-state index in [0.29, 0.717) is 11.6 Å². The molecule has 0 saturated carbocycles. The van der Waals surface area contributed by atoms with Crippen LogP contribution < -0.4 is 10.2 Å². The molecular weight excluding hydrogens is 326 g/mol. The minimum absolute atomic E-state index is 0.168. The van der Waals surface area contributed by atoms with Crippen molar-refractivity contribution < 1.29 is 9.53 Å². The van der Waals surface area contributed by atoms with E-state index in [-0.39, 0.29) is 5.91 Å². The molecule has 26 heavy (non-hydrogen) atoms. The molecule has 1 N–H and O–H groups in total. The number of benzene rings is 1. The van der Waals surface area contributed by atoms with Crippen molar-refractivity contribution in [3.05, 3.63) is 59.8 Å². The molecule has 136 valence electrons. The van der Waals surface area contributed by atoms with Crippen molar-refractivity contribution in [2.24, 2.45) is 0 Å². The molecule has 0 aliphatic carbocycles. The fourth-order valence-electron chi connectivity index (χ4n) is 2.79. The van der Waals surface area contributed by atoms with E-state index in [0.717, 1.165) is 37.7 Å². The molecule has 0 spiro atoms. The van der Waals surface area contributed by atoms with Crippen molar-refractivity contribution >= 4 is 23.5 Å². The number of carbonyl (C=O) groups is 1. The molecule has 3 rings (SSSR count). The van der Waals surface area contributed by atoms with Crippen LogP contribution in [0.2, 0.25) is 0 Å². The minimum atomic E-state index is -0.168. The van der Waals surface area contributed by atoms with Gasteiger partial charge in [0.25, 0.3) is 0 Å². The number of hydrogen-bond acceptors (Lipinski definition) is 4. The Bertz CT molecular complexity index is 746. The lowest BCUT2D eigenvalue weighted by Gasteiger charge is -2.27. The van der Waals surface area contributed by atoms with Gasteiger partial charge in [0.1, 0.15) is 5.82 Å². The fraction of sp³-hybridized carbons (Fsp3) is 0.333. The van der Waals surface area contributed by atoms with Gasteiger partial charge in [0.2, 0.25) is 5.91 Å². The first-order valence-electron chi connectivity index (χ1n) is 8.99. The molecule has 1 fully saturated rings. The predicted octanol–water partition coefficient (Wildman–Crippen LogP) is 3.69. The van der Waals surface area contributed by atoms with E-state index in [1.807, 2.05) is 30.3 Å². The van der Waals surface area contributed by atoms with E-state index in [9.17, 15) is 4.79 Å². The second-order valence-corrected chi connectivity index (χ2v) is 6.65. The lowest BCUT2D eigenvalue weighted by atomic mass is 10.0. The third-order valence-electron chi connectivity index (χ3n) is 4.38. The van der Waals surface area contributed by atoms with Crippen molar-refractivity contribution in [2.75, 3.05) is 36.5 Å². The smallest absolute Gasteiger partial charge is 0.248 e. The minimum Gasteiger partial charge on any atom is -0.378 e. The van der Waals surface area contributed by atoms with Crippen molar-refractivity contribution in [1.82, 2.24) is 4.98 Å². The monoisotopic (exact) mass is 351 g/mol. The first-order valence-corrected chi connectivity index (χ1v) is 8.99. The number of carbonyl (C=O) groups excluding carboxylic acids is 1. The largest absolute Gasteiger partial charge is 0.378 e. The van der Waals surface area contributed by atoms with Crippen LogP contribution in [-0.2, 0) is 9.53 Å². The maximum Gasteiger partial charge on any atom is 0.248 e. The van der Waals surface area contributed by atoms with Gasteiger partial charge in [0.05, 0.1) is 25.1 Å². The van der Waals surface area contributed by atoms with Gasteiger partial charge >= 0.3 is 0 Å². The third-order valence-corrected chi connectivity index (χ3v) is 4.38. The molecule has 1 saturated heterocycles. The molecule has 2 aromatic rings. The van der Waals surface area contributed by atoms with Gasteiger partial charge in [-0.05, 0) is 35.3 Å². The fourth-order valence-corrected chi connectivity index (χ4v) is 2.79. The van der Waals surface area contributed by atoms with Crippen molar-refractivity contribution in [3.63, 3.8) is 0 Å². The number of nitrogens with one attached hydrogen (secondary N) is 1. The Balaban J connectivity index is 1.55. The van der Waals surface area contributed by atoms with E-state index in [2.05, 4.69) is 41.2 Å². The van der Waals surface area contributed by atoms with Crippen LogP contribution in [0.1, 0.15) is 30.9 Å². The predicted molar refractivity (Wildman–Crippen MR) is 105 cm³/mol. The van der Waals surface area contributed by atoms with Gasteiger partial charge in [-0.15, -0.1) is 0 Å². The Morgan fingerprint density at radius 2 is 1.88 bits per heavy atom. The highest BCUT2D eigenvalue weighted by atomic mass is 16.5. The van der Waals surface area contributed by atoms with Gasteiger partial charge in [-0.3, -0.25) is 4.79 Å². The number of ether oxygens (including phenoxy) is 1. The second-order valence-electron chi connectivity index (χ2n) is 6.65. The van der Waals surface area contributed by atoms with Gasteiger partial charge in [0, 0.05) is 19.2 Å². The standard InChI is InChI=1S/C21H25N3O2/c1-16(2)18-6-3-17(4-7-18)5-10-21(25)23-19-8-9-20(22-15-19)24-11-13-26-14-12-24/h3-10,15-16H,11-14H2,1-2H3,(H,23,25)/b10-5+. The zero-order chi connectivity index (χ0) is 18.4. The van der Waals surface area contributed by atoms with Crippen LogP contribution in [0, 0.1) is 0 Å². The SMILES string of the molecule is CC(C)c1ccc(/C=C/C(=O)Nc2ccc(N3CCOCC3)nc2)cc1. The highest BCUT2D eigenvalue weighted by Crippen LogP contribution is 2.17. The summed E-state index contributed by atoms with van der Waals surface area (Å²) in [6.45, 7) is 7.47. The average Bonchev–Trinajstić information content (AvgIpc) is 2.68. The first-order chi connectivity index (χ1) is 12.6. The zero-order valence-corrected chi connectivity index (χ0v) is 15.3.